The number of aryl methyl sites for hydroxylation is 1. The van der Waals surface area contributed by atoms with Crippen molar-refractivity contribution in [2.24, 2.45) is 0 Å². The maximum atomic E-state index is 12.7. The maximum Gasteiger partial charge on any atom is 0.254 e. The third kappa shape index (κ3) is 2.46. The number of nitrogens with zero attached hydrogens (tertiary/aromatic N) is 3. The zero-order valence-corrected chi connectivity index (χ0v) is 12.8. The summed E-state index contributed by atoms with van der Waals surface area (Å²) in [5.41, 5.74) is 4.15. The molecule has 110 valence electrons. The predicted molar refractivity (Wildman–Crippen MR) is 82.2 cm³/mol. The summed E-state index contributed by atoms with van der Waals surface area (Å²) in [5.74, 6) is 0.121. The van der Waals surface area contributed by atoms with Gasteiger partial charge in [0.2, 0.25) is 0 Å². The van der Waals surface area contributed by atoms with Crippen LogP contribution in [0.15, 0.2) is 30.6 Å². The van der Waals surface area contributed by atoms with Crippen molar-refractivity contribution in [1.29, 1.82) is 0 Å². The van der Waals surface area contributed by atoms with Gasteiger partial charge >= 0.3 is 0 Å². The summed E-state index contributed by atoms with van der Waals surface area (Å²) in [4.78, 5) is 19.2. The van der Waals surface area contributed by atoms with Crippen LogP contribution in [0.25, 0.3) is 0 Å². The molecule has 4 nitrogen and oxygen atoms in total. The molecule has 0 aliphatic carbocycles. The smallest absolute Gasteiger partial charge is 0.254 e. The zero-order chi connectivity index (χ0) is 15.0. The van der Waals surface area contributed by atoms with Gasteiger partial charge < -0.3 is 9.47 Å². The summed E-state index contributed by atoms with van der Waals surface area (Å²) in [5, 5.41) is 0. The van der Waals surface area contributed by atoms with Crippen LogP contribution in [0.4, 0.5) is 0 Å². The van der Waals surface area contributed by atoms with Crippen LogP contribution in [-0.2, 0) is 13.0 Å². The van der Waals surface area contributed by atoms with Crippen molar-refractivity contribution >= 4 is 5.91 Å². The molecular formula is C17H21N3O. The molecule has 1 aliphatic heterocycles. The molecule has 0 fully saturated rings. The summed E-state index contributed by atoms with van der Waals surface area (Å²) < 4.78 is 2.17. The third-order valence-corrected chi connectivity index (χ3v) is 4.16. The number of carbonyl (C=O) groups is 1. The van der Waals surface area contributed by atoms with Gasteiger partial charge in [-0.05, 0) is 32.4 Å². The maximum absolute atomic E-state index is 12.7. The summed E-state index contributed by atoms with van der Waals surface area (Å²) in [6, 6.07) is 8.16. The molecule has 2 aromatic rings. The first-order valence-corrected chi connectivity index (χ1v) is 7.47. The fourth-order valence-electron chi connectivity index (χ4n) is 2.91. The van der Waals surface area contributed by atoms with E-state index in [9.17, 15) is 4.79 Å². The van der Waals surface area contributed by atoms with Gasteiger partial charge in [0.15, 0.2) is 0 Å². The van der Waals surface area contributed by atoms with Gasteiger partial charge in [-0.15, -0.1) is 0 Å². The fourth-order valence-corrected chi connectivity index (χ4v) is 2.91. The van der Waals surface area contributed by atoms with Crippen LogP contribution in [0, 0.1) is 6.92 Å². The van der Waals surface area contributed by atoms with E-state index in [1.165, 1.54) is 5.69 Å². The van der Waals surface area contributed by atoms with Gasteiger partial charge in [0.25, 0.3) is 5.91 Å². The molecule has 0 saturated carbocycles. The highest BCUT2D eigenvalue weighted by atomic mass is 16.2. The van der Waals surface area contributed by atoms with Crippen LogP contribution in [0.3, 0.4) is 0 Å². The molecule has 2 heterocycles. The number of fused-ring (bicyclic) bond motifs is 1. The molecule has 0 radical (unpaired) electrons. The molecule has 1 aromatic heterocycles. The topological polar surface area (TPSA) is 38.1 Å². The lowest BCUT2D eigenvalue weighted by Gasteiger charge is -2.29. The SMILES string of the molecule is Cc1ccccc1C(=O)N1CCc2ncn(C(C)C)c2C1. The van der Waals surface area contributed by atoms with Crippen molar-refractivity contribution in [2.75, 3.05) is 6.54 Å². The molecule has 3 rings (SSSR count). The number of carbonyl (C=O) groups excluding carboxylic acids is 1. The van der Waals surface area contributed by atoms with E-state index in [4.69, 9.17) is 0 Å². The Morgan fingerprint density at radius 2 is 2.05 bits per heavy atom. The second-order valence-electron chi connectivity index (χ2n) is 5.93. The average molecular weight is 283 g/mol. The van der Waals surface area contributed by atoms with E-state index in [2.05, 4.69) is 23.4 Å². The van der Waals surface area contributed by atoms with E-state index in [0.717, 1.165) is 29.8 Å². The summed E-state index contributed by atoms with van der Waals surface area (Å²) in [7, 11) is 0. The highest BCUT2D eigenvalue weighted by Crippen LogP contribution is 2.23. The molecular weight excluding hydrogens is 262 g/mol. The van der Waals surface area contributed by atoms with Crippen molar-refractivity contribution in [3.63, 3.8) is 0 Å². The van der Waals surface area contributed by atoms with Gasteiger partial charge in [0, 0.05) is 24.6 Å². The van der Waals surface area contributed by atoms with Gasteiger partial charge in [0.1, 0.15) is 0 Å². The predicted octanol–water partition coefficient (Wildman–Crippen LogP) is 2.97. The van der Waals surface area contributed by atoms with Crippen molar-refractivity contribution < 1.29 is 4.79 Å². The normalized spacial score (nSPS) is 14.4. The molecule has 0 N–H and O–H groups in total. The fraction of sp³-hybridized carbons (Fsp3) is 0.412. The van der Waals surface area contributed by atoms with Crippen LogP contribution in [0.2, 0.25) is 0 Å². The van der Waals surface area contributed by atoms with Crippen LogP contribution in [0.1, 0.15) is 47.2 Å². The van der Waals surface area contributed by atoms with Crippen molar-refractivity contribution in [3.8, 4) is 0 Å². The monoisotopic (exact) mass is 283 g/mol. The first-order valence-electron chi connectivity index (χ1n) is 7.47. The van der Waals surface area contributed by atoms with Crippen LogP contribution in [0.5, 0.6) is 0 Å². The second kappa shape index (κ2) is 5.35. The third-order valence-electron chi connectivity index (χ3n) is 4.16. The van der Waals surface area contributed by atoms with Crippen molar-refractivity contribution in [2.45, 2.75) is 39.8 Å². The van der Waals surface area contributed by atoms with Gasteiger partial charge in [0.05, 0.1) is 24.3 Å². The van der Waals surface area contributed by atoms with Gasteiger partial charge in [-0.2, -0.15) is 0 Å². The van der Waals surface area contributed by atoms with E-state index in [1.807, 2.05) is 42.4 Å². The van der Waals surface area contributed by atoms with E-state index < -0.39 is 0 Å². The highest BCUT2D eigenvalue weighted by molar-refractivity contribution is 5.95. The summed E-state index contributed by atoms with van der Waals surface area (Å²) in [6.45, 7) is 7.67. The van der Waals surface area contributed by atoms with Crippen LogP contribution >= 0.6 is 0 Å². The minimum Gasteiger partial charge on any atom is -0.332 e. The van der Waals surface area contributed by atoms with Gasteiger partial charge in [-0.1, -0.05) is 18.2 Å². The Hall–Kier alpha value is -2.10. The molecule has 0 unspecified atom stereocenters. The van der Waals surface area contributed by atoms with Crippen LogP contribution < -0.4 is 0 Å². The van der Waals surface area contributed by atoms with E-state index in [1.54, 1.807) is 0 Å². The lowest BCUT2D eigenvalue weighted by molar-refractivity contribution is 0.0728. The number of imidazole rings is 1. The molecule has 0 bridgehead atoms. The Balaban J connectivity index is 1.88. The number of hydrogen-bond acceptors (Lipinski definition) is 2. The van der Waals surface area contributed by atoms with E-state index in [0.29, 0.717) is 12.6 Å². The Kier molecular flexibility index (Phi) is 3.53. The Morgan fingerprint density at radius 1 is 1.29 bits per heavy atom. The Labute approximate surface area is 125 Å². The molecule has 21 heavy (non-hydrogen) atoms. The lowest BCUT2D eigenvalue weighted by Crippen LogP contribution is -2.37. The lowest BCUT2D eigenvalue weighted by atomic mass is 10.1. The van der Waals surface area contributed by atoms with Gasteiger partial charge in [-0.25, -0.2) is 4.98 Å². The largest absolute Gasteiger partial charge is 0.332 e. The number of hydrogen-bond donors (Lipinski definition) is 0. The molecule has 4 heteroatoms. The molecule has 1 amide bonds. The molecule has 0 spiro atoms. The van der Waals surface area contributed by atoms with Crippen molar-refractivity contribution in [3.05, 3.63) is 53.1 Å². The molecule has 0 saturated heterocycles. The summed E-state index contributed by atoms with van der Waals surface area (Å²) >= 11 is 0. The standard InChI is InChI=1S/C17H21N3O/c1-12(2)20-11-18-15-8-9-19(10-16(15)20)17(21)14-7-5-4-6-13(14)3/h4-7,11-12H,8-10H2,1-3H3. The number of benzene rings is 1. The Bertz CT molecular complexity index is 672. The van der Waals surface area contributed by atoms with Crippen LogP contribution in [-0.4, -0.2) is 26.9 Å². The second-order valence-corrected chi connectivity index (χ2v) is 5.93. The number of aromatic nitrogens is 2. The number of amides is 1. The minimum atomic E-state index is 0.121. The first kappa shape index (κ1) is 13.9. The summed E-state index contributed by atoms with van der Waals surface area (Å²) in [6.07, 6.45) is 2.74. The van der Waals surface area contributed by atoms with E-state index in [-0.39, 0.29) is 5.91 Å². The van der Waals surface area contributed by atoms with E-state index >= 15 is 0 Å². The zero-order valence-electron chi connectivity index (χ0n) is 12.8. The van der Waals surface area contributed by atoms with Gasteiger partial charge in [-0.3, -0.25) is 4.79 Å². The highest BCUT2D eigenvalue weighted by Gasteiger charge is 2.26. The van der Waals surface area contributed by atoms with Crippen molar-refractivity contribution in [1.82, 2.24) is 14.5 Å². The quantitative estimate of drug-likeness (QED) is 0.850. The first-order chi connectivity index (χ1) is 10.1. The molecule has 0 atom stereocenters. The Morgan fingerprint density at radius 3 is 2.76 bits per heavy atom. The minimum absolute atomic E-state index is 0.121. The molecule has 1 aromatic carbocycles. The number of rotatable bonds is 2. The average Bonchev–Trinajstić information content (AvgIpc) is 2.90. The molecule has 1 aliphatic rings.